The highest BCUT2D eigenvalue weighted by Crippen LogP contribution is 2.25. The predicted molar refractivity (Wildman–Crippen MR) is 73.8 cm³/mol. The summed E-state index contributed by atoms with van der Waals surface area (Å²) in [4.78, 5) is 26.3. The molecule has 1 aliphatic rings. The number of primary amides is 1. The second-order valence-corrected chi connectivity index (χ2v) is 4.63. The van der Waals surface area contributed by atoms with Gasteiger partial charge in [-0.1, -0.05) is 0 Å². The van der Waals surface area contributed by atoms with Crippen molar-refractivity contribution in [3.05, 3.63) is 23.8 Å². The van der Waals surface area contributed by atoms with E-state index in [-0.39, 0.29) is 5.91 Å². The predicted octanol–water partition coefficient (Wildman–Crippen LogP) is 0.0362. The zero-order chi connectivity index (χ0) is 14.0. The number of hydrogen-bond donors (Lipinski definition) is 2. The van der Waals surface area contributed by atoms with Crippen molar-refractivity contribution in [1.82, 2.24) is 4.90 Å². The third-order valence-electron chi connectivity index (χ3n) is 3.38. The number of amides is 2. The topological polar surface area (TPSA) is 92.7 Å². The Labute approximate surface area is 112 Å². The Bertz CT molecular complexity index is 507. The standard InChI is InChI=1S/C13H18N4O2/c1-9(18)16-4-6-17(7-5-16)12-8-10(13(15)19)2-3-11(12)14/h2-3,8H,4-7,14H2,1H3,(H2,15,19). The van der Waals surface area contributed by atoms with Crippen molar-refractivity contribution in [3.8, 4) is 0 Å². The summed E-state index contributed by atoms with van der Waals surface area (Å²) in [6.45, 7) is 4.29. The van der Waals surface area contributed by atoms with E-state index in [1.807, 2.05) is 0 Å². The molecule has 6 nitrogen and oxygen atoms in total. The summed E-state index contributed by atoms with van der Waals surface area (Å²) < 4.78 is 0. The van der Waals surface area contributed by atoms with Gasteiger partial charge in [-0.15, -0.1) is 0 Å². The highest BCUT2D eigenvalue weighted by atomic mass is 16.2. The Morgan fingerprint density at radius 3 is 2.32 bits per heavy atom. The van der Waals surface area contributed by atoms with Gasteiger partial charge in [0.1, 0.15) is 0 Å². The number of nitrogens with zero attached hydrogens (tertiary/aromatic N) is 2. The Morgan fingerprint density at radius 2 is 1.79 bits per heavy atom. The molecule has 1 heterocycles. The fourth-order valence-corrected chi connectivity index (χ4v) is 2.23. The van der Waals surface area contributed by atoms with Crippen LogP contribution in [0.15, 0.2) is 18.2 Å². The largest absolute Gasteiger partial charge is 0.397 e. The molecule has 0 atom stereocenters. The van der Waals surface area contributed by atoms with Crippen molar-refractivity contribution in [3.63, 3.8) is 0 Å². The van der Waals surface area contributed by atoms with E-state index >= 15 is 0 Å². The molecule has 2 amide bonds. The van der Waals surface area contributed by atoms with E-state index in [4.69, 9.17) is 11.5 Å². The third-order valence-corrected chi connectivity index (χ3v) is 3.38. The van der Waals surface area contributed by atoms with Gasteiger partial charge in [-0.25, -0.2) is 0 Å². The zero-order valence-corrected chi connectivity index (χ0v) is 10.9. The van der Waals surface area contributed by atoms with Crippen molar-refractivity contribution in [1.29, 1.82) is 0 Å². The van der Waals surface area contributed by atoms with Crippen molar-refractivity contribution < 1.29 is 9.59 Å². The number of anilines is 2. The van der Waals surface area contributed by atoms with Crippen LogP contribution in [0.1, 0.15) is 17.3 Å². The Hall–Kier alpha value is -2.24. The minimum atomic E-state index is -0.469. The second-order valence-electron chi connectivity index (χ2n) is 4.63. The Morgan fingerprint density at radius 1 is 1.16 bits per heavy atom. The smallest absolute Gasteiger partial charge is 0.248 e. The highest BCUT2D eigenvalue weighted by Gasteiger charge is 2.20. The maximum atomic E-state index is 11.3. The van der Waals surface area contributed by atoms with Crippen LogP contribution < -0.4 is 16.4 Å². The fraction of sp³-hybridized carbons (Fsp3) is 0.385. The molecule has 6 heteroatoms. The Balaban J connectivity index is 2.17. The first-order valence-electron chi connectivity index (χ1n) is 6.19. The van der Waals surface area contributed by atoms with Gasteiger partial charge in [-0.3, -0.25) is 9.59 Å². The van der Waals surface area contributed by atoms with Gasteiger partial charge in [0.25, 0.3) is 0 Å². The van der Waals surface area contributed by atoms with Crippen LogP contribution in [0.2, 0.25) is 0 Å². The summed E-state index contributed by atoms with van der Waals surface area (Å²) in [6, 6.07) is 5.01. The SMILES string of the molecule is CC(=O)N1CCN(c2cc(C(N)=O)ccc2N)CC1. The van der Waals surface area contributed by atoms with Gasteiger partial charge in [-0.05, 0) is 18.2 Å². The molecular weight excluding hydrogens is 244 g/mol. The van der Waals surface area contributed by atoms with Crippen LogP contribution in [0.25, 0.3) is 0 Å². The van der Waals surface area contributed by atoms with E-state index in [0.717, 1.165) is 5.69 Å². The molecule has 0 unspecified atom stereocenters. The van der Waals surface area contributed by atoms with Gasteiger partial charge in [0, 0.05) is 38.7 Å². The molecule has 0 radical (unpaired) electrons. The number of piperazine rings is 1. The lowest BCUT2D eigenvalue weighted by atomic mass is 10.1. The number of carbonyl (C=O) groups is 2. The number of hydrogen-bond acceptors (Lipinski definition) is 4. The van der Waals surface area contributed by atoms with Gasteiger partial charge in [0.05, 0.1) is 11.4 Å². The first kappa shape index (κ1) is 13.2. The number of rotatable bonds is 2. The van der Waals surface area contributed by atoms with Crippen molar-refractivity contribution >= 4 is 23.2 Å². The lowest BCUT2D eigenvalue weighted by Crippen LogP contribution is -2.48. The molecule has 0 spiro atoms. The number of carbonyl (C=O) groups excluding carboxylic acids is 2. The van der Waals surface area contributed by atoms with Gasteiger partial charge < -0.3 is 21.3 Å². The van der Waals surface area contributed by atoms with Crippen LogP contribution in [-0.4, -0.2) is 42.9 Å². The second kappa shape index (κ2) is 5.17. The first-order chi connectivity index (χ1) is 8.99. The van der Waals surface area contributed by atoms with Crippen molar-refractivity contribution in [2.75, 3.05) is 36.8 Å². The van der Waals surface area contributed by atoms with Crippen LogP contribution in [-0.2, 0) is 4.79 Å². The van der Waals surface area contributed by atoms with Crippen molar-refractivity contribution in [2.24, 2.45) is 5.73 Å². The lowest BCUT2D eigenvalue weighted by Gasteiger charge is -2.36. The Kier molecular flexibility index (Phi) is 3.59. The number of nitrogens with two attached hydrogens (primary N) is 2. The van der Waals surface area contributed by atoms with Gasteiger partial charge in [0.15, 0.2) is 0 Å². The third kappa shape index (κ3) is 2.78. The molecule has 4 N–H and O–H groups in total. The minimum absolute atomic E-state index is 0.0820. The van der Waals surface area contributed by atoms with Crippen LogP contribution in [0.3, 0.4) is 0 Å². The maximum Gasteiger partial charge on any atom is 0.248 e. The monoisotopic (exact) mass is 262 g/mol. The normalized spacial score (nSPS) is 15.4. The van der Waals surface area contributed by atoms with Crippen LogP contribution in [0, 0.1) is 0 Å². The maximum absolute atomic E-state index is 11.3. The van der Waals surface area contributed by atoms with Crippen LogP contribution in [0.5, 0.6) is 0 Å². The van der Waals surface area contributed by atoms with E-state index in [9.17, 15) is 9.59 Å². The number of nitrogen functional groups attached to an aromatic ring is 1. The fourth-order valence-electron chi connectivity index (χ4n) is 2.23. The molecule has 1 saturated heterocycles. The molecule has 0 aliphatic carbocycles. The molecule has 1 aromatic carbocycles. The molecule has 0 saturated carbocycles. The molecule has 1 aromatic rings. The van der Waals surface area contributed by atoms with E-state index in [0.29, 0.717) is 37.4 Å². The highest BCUT2D eigenvalue weighted by molar-refractivity contribution is 5.95. The van der Waals surface area contributed by atoms with Gasteiger partial charge in [0.2, 0.25) is 11.8 Å². The van der Waals surface area contributed by atoms with Crippen LogP contribution >= 0.6 is 0 Å². The molecule has 1 aliphatic heterocycles. The summed E-state index contributed by atoms with van der Waals surface area (Å²) >= 11 is 0. The summed E-state index contributed by atoms with van der Waals surface area (Å²) in [6.07, 6.45) is 0. The molecule has 0 aromatic heterocycles. The average molecular weight is 262 g/mol. The number of benzene rings is 1. The van der Waals surface area contributed by atoms with E-state index in [2.05, 4.69) is 4.90 Å². The summed E-state index contributed by atoms with van der Waals surface area (Å²) in [5.74, 6) is -0.387. The van der Waals surface area contributed by atoms with Gasteiger partial charge in [-0.2, -0.15) is 0 Å². The minimum Gasteiger partial charge on any atom is -0.397 e. The molecule has 0 bridgehead atoms. The molecule has 102 valence electrons. The van der Waals surface area contributed by atoms with E-state index in [1.54, 1.807) is 30.0 Å². The van der Waals surface area contributed by atoms with Crippen molar-refractivity contribution in [2.45, 2.75) is 6.92 Å². The summed E-state index contributed by atoms with van der Waals surface area (Å²) in [7, 11) is 0. The molecular formula is C13H18N4O2. The molecule has 1 fully saturated rings. The molecule has 2 rings (SSSR count). The van der Waals surface area contributed by atoms with E-state index in [1.165, 1.54) is 0 Å². The molecule has 19 heavy (non-hydrogen) atoms. The van der Waals surface area contributed by atoms with E-state index < -0.39 is 5.91 Å². The zero-order valence-electron chi connectivity index (χ0n) is 10.9. The lowest BCUT2D eigenvalue weighted by molar-refractivity contribution is -0.129. The average Bonchev–Trinajstić information content (AvgIpc) is 2.39. The summed E-state index contributed by atoms with van der Waals surface area (Å²) in [5.41, 5.74) is 13.1. The first-order valence-corrected chi connectivity index (χ1v) is 6.19. The van der Waals surface area contributed by atoms with Gasteiger partial charge >= 0.3 is 0 Å². The summed E-state index contributed by atoms with van der Waals surface area (Å²) in [5, 5.41) is 0. The van der Waals surface area contributed by atoms with Crippen LogP contribution in [0.4, 0.5) is 11.4 Å². The quantitative estimate of drug-likeness (QED) is 0.736.